The third-order valence-electron chi connectivity index (χ3n) is 2.46. The molecule has 1 unspecified atom stereocenters. The average Bonchev–Trinajstić information content (AvgIpc) is 2.51. The number of carbonyl (C=O) groups is 2. The van der Waals surface area contributed by atoms with Gasteiger partial charge >= 0.3 is 17.2 Å². The molecule has 0 fully saturated rings. The summed E-state index contributed by atoms with van der Waals surface area (Å²) in [6.45, 7) is 1.12. The maximum Gasteiger partial charge on any atom is 0.429 e. The lowest BCUT2D eigenvalue weighted by molar-refractivity contribution is -0.151. The summed E-state index contributed by atoms with van der Waals surface area (Å²) >= 11 is 2.62. The molecule has 0 heterocycles. The van der Waals surface area contributed by atoms with Crippen molar-refractivity contribution in [2.75, 3.05) is 0 Å². The van der Waals surface area contributed by atoms with Crippen LogP contribution in [0, 0.1) is 23.3 Å². The van der Waals surface area contributed by atoms with E-state index in [-0.39, 0.29) is 0 Å². The molecule has 1 aromatic carbocycles. The van der Waals surface area contributed by atoms with Crippen molar-refractivity contribution in [3.05, 3.63) is 23.3 Å². The monoisotopic (exact) mass is 473 g/mol. The molecule has 0 aliphatic heterocycles. The quantitative estimate of drug-likeness (QED) is 0.160. The van der Waals surface area contributed by atoms with E-state index in [4.69, 9.17) is 0 Å². The predicted octanol–water partition coefficient (Wildman–Crippen LogP) is 1.98. The van der Waals surface area contributed by atoms with Crippen LogP contribution in [0.5, 0.6) is 11.5 Å². The van der Waals surface area contributed by atoms with Crippen LogP contribution in [0.1, 0.15) is 6.92 Å². The van der Waals surface area contributed by atoms with E-state index in [1.807, 2.05) is 0 Å². The van der Waals surface area contributed by atoms with Crippen molar-refractivity contribution in [1.82, 2.24) is 0 Å². The number of rotatable bonds is 5. The molecule has 0 saturated carbocycles. The summed E-state index contributed by atoms with van der Waals surface area (Å²) in [5, 5.41) is -5.81. The van der Waals surface area contributed by atoms with Crippen LogP contribution in [0.25, 0.3) is 0 Å². The average molecular weight is 474 g/mol. The maximum absolute atomic E-state index is 13.7. The van der Waals surface area contributed by atoms with E-state index >= 15 is 0 Å². The zero-order valence-corrected chi connectivity index (χ0v) is 14.4. The minimum Gasteiger partial charge on any atom is -0.743 e. The molecule has 1 rings (SSSR count). The van der Waals surface area contributed by atoms with Gasteiger partial charge in [0.1, 0.15) is 4.83 Å². The van der Waals surface area contributed by atoms with Gasteiger partial charge in [0.25, 0.3) is 0 Å². The maximum atomic E-state index is 13.7. The molecule has 0 N–H and O–H groups in total. The lowest BCUT2D eigenvalue weighted by Gasteiger charge is -2.18. The van der Waals surface area contributed by atoms with E-state index in [9.17, 15) is 48.9 Å². The van der Waals surface area contributed by atoms with Gasteiger partial charge in [-0.15, -0.1) is 0 Å². The van der Waals surface area contributed by atoms with Gasteiger partial charge in [0.15, 0.2) is 10.1 Å². The van der Waals surface area contributed by atoms with Crippen molar-refractivity contribution in [2.24, 2.45) is 0 Å². The molecule has 0 spiro atoms. The molecule has 0 aliphatic carbocycles. The van der Waals surface area contributed by atoms with E-state index < -0.39 is 66.9 Å². The van der Waals surface area contributed by atoms with E-state index in [2.05, 4.69) is 25.4 Å². The third kappa shape index (κ3) is 4.09. The number of benzene rings is 1. The highest BCUT2D eigenvalue weighted by molar-refractivity contribution is 9.10. The second kappa shape index (κ2) is 7.40. The van der Waals surface area contributed by atoms with Gasteiger partial charge in [-0.2, -0.15) is 26.3 Å². The molecule has 26 heavy (non-hydrogen) atoms. The highest BCUT2D eigenvalue weighted by atomic mass is 79.9. The first-order valence-electron chi connectivity index (χ1n) is 5.90. The Morgan fingerprint density at radius 1 is 1.00 bits per heavy atom. The zero-order chi connectivity index (χ0) is 20.6. The van der Waals surface area contributed by atoms with Gasteiger partial charge in [-0.3, -0.25) is 4.79 Å². The topological polar surface area (TPSA) is 110 Å². The number of hydrogen-bond donors (Lipinski definition) is 0. The summed E-state index contributed by atoms with van der Waals surface area (Å²) in [4.78, 5) is 21.0. The zero-order valence-electron chi connectivity index (χ0n) is 12.0. The summed E-state index contributed by atoms with van der Waals surface area (Å²) in [6.07, 6.45) is 0. The van der Waals surface area contributed by atoms with Crippen LogP contribution in [0.2, 0.25) is 0 Å². The Labute approximate surface area is 148 Å². The standard InChI is InChI=1S/C11H5BrF6O7S/c1-2(12)9(19)24-7-3(13)5(15)8(6(16)4(7)14)25-10(20)11(17,18)26(21,22)23/h2H,1H3,(H,21,22,23)/p-1. The molecule has 0 aliphatic rings. The van der Waals surface area contributed by atoms with Crippen molar-refractivity contribution in [1.29, 1.82) is 0 Å². The molecular weight excluding hydrogens is 470 g/mol. The third-order valence-corrected chi connectivity index (χ3v) is 3.63. The molecule has 0 saturated heterocycles. The van der Waals surface area contributed by atoms with Crippen LogP contribution in [-0.2, 0) is 19.7 Å². The summed E-state index contributed by atoms with van der Waals surface area (Å²) in [5.41, 5.74) is 0. The second-order valence-electron chi connectivity index (χ2n) is 4.31. The SMILES string of the molecule is CC(Br)C(=O)Oc1c(F)c(F)c(OC(=O)C(F)(F)S(=O)(=O)[O-])c(F)c1F. The van der Waals surface area contributed by atoms with E-state index in [1.165, 1.54) is 0 Å². The molecule has 1 aromatic rings. The molecular formula is C11H4BrF6O7S-. The lowest BCUT2D eigenvalue weighted by atomic mass is 10.2. The smallest absolute Gasteiger partial charge is 0.429 e. The Balaban J connectivity index is 3.41. The van der Waals surface area contributed by atoms with E-state index in [1.54, 1.807) is 0 Å². The number of halogens is 7. The number of alkyl halides is 3. The Kier molecular flexibility index (Phi) is 6.31. The highest BCUT2D eigenvalue weighted by Crippen LogP contribution is 2.36. The molecule has 1 atom stereocenters. The number of hydrogen-bond acceptors (Lipinski definition) is 7. The van der Waals surface area contributed by atoms with E-state index in [0.717, 1.165) is 6.92 Å². The fourth-order valence-corrected chi connectivity index (χ4v) is 1.55. The molecule has 0 amide bonds. The highest BCUT2D eigenvalue weighted by Gasteiger charge is 2.50. The molecule has 0 aromatic heterocycles. The van der Waals surface area contributed by atoms with Gasteiger partial charge in [0.2, 0.25) is 34.8 Å². The number of carbonyl (C=O) groups excluding carboxylic acids is 2. The largest absolute Gasteiger partial charge is 0.743 e. The molecule has 146 valence electrons. The van der Waals surface area contributed by atoms with Crippen molar-refractivity contribution in [3.8, 4) is 11.5 Å². The van der Waals surface area contributed by atoms with Crippen LogP contribution in [0.15, 0.2) is 0 Å². The van der Waals surface area contributed by atoms with Crippen LogP contribution in [0.3, 0.4) is 0 Å². The Hall–Kier alpha value is -1.87. The normalized spacial score (nSPS) is 13.3. The molecule has 7 nitrogen and oxygen atoms in total. The minimum absolute atomic E-state index is 1.12. The van der Waals surface area contributed by atoms with Gasteiger partial charge < -0.3 is 14.0 Å². The van der Waals surface area contributed by atoms with Crippen LogP contribution in [-0.4, -0.2) is 35.0 Å². The second-order valence-corrected chi connectivity index (χ2v) is 7.11. The minimum atomic E-state index is -6.67. The molecule has 15 heteroatoms. The fraction of sp³-hybridized carbons (Fsp3) is 0.273. The van der Waals surface area contributed by atoms with Gasteiger partial charge in [0.05, 0.1) is 0 Å². The molecule has 0 radical (unpaired) electrons. The van der Waals surface area contributed by atoms with Crippen molar-refractivity contribution < 1.29 is 58.4 Å². The van der Waals surface area contributed by atoms with E-state index in [0.29, 0.717) is 0 Å². The fourth-order valence-electron chi connectivity index (χ4n) is 1.21. The van der Waals surface area contributed by atoms with Gasteiger partial charge in [-0.05, 0) is 6.92 Å². The predicted molar refractivity (Wildman–Crippen MR) is 70.6 cm³/mol. The van der Waals surface area contributed by atoms with Crippen LogP contribution >= 0.6 is 15.9 Å². The summed E-state index contributed by atoms with van der Waals surface area (Å²) < 4.78 is 119. The summed E-state index contributed by atoms with van der Waals surface area (Å²) in [5.74, 6) is -19.2. The van der Waals surface area contributed by atoms with Gasteiger partial charge in [0, 0.05) is 0 Å². The Bertz CT molecular complexity index is 841. The Morgan fingerprint density at radius 2 is 1.35 bits per heavy atom. The van der Waals surface area contributed by atoms with Gasteiger partial charge in [-0.25, -0.2) is 13.2 Å². The van der Waals surface area contributed by atoms with Crippen LogP contribution < -0.4 is 9.47 Å². The van der Waals surface area contributed by atoms with Gasteiger partial charge in [-0.1, -0.05) is 15.9 Å². The van der Waals surface area contributed by atoms with Crippen molar-refractivity contribution >= 4 is 38.0 Å². The molecule has 0 bridgehead atoms. The Morgan fingerprint density at radius 3 is 1.65 bits per heavy atom. The van der Waals surface area contributed by atoms with Crippen LogP contribution in [0.4, 0.5) is 26.3 Å². The first kappa shape index (κ1) is 22.2. The first-order chi connectivity index (χ1) is 11.6. The van der Waals surface area contributed by atoms with Crippen molar-refractivity contribution in [2.45, 2.75) is 17.0 Å². The lowest BCUT2D eigenvalue weighted by Crippen LogP contribution is -2.41. The summed E-state index contributed by atoms with van der Waals surface area (Å²) in [7, 11) is -6.67. The van der Waals surface area contributed by atoms with Crippen molar-refractivity contribution in [3.63, 3.8) is 0 Å². The number of esters is 2. The summed E-state index contributed by atoms with van der Waals surface area (Å²) in [6, 6.07) is 0. The first-order valence-corrected chi connectivity index (χ1v) is 8.22. The number of ether oxygens (including phenoxy) is 2.